The van der Waals surface area contributed by atoms with Gasteiger partial charge in [0, 0.05) is 11.9 Å². The summed E-state index contributed by atoms with van der Waals surface area (Å²) in [5.41, 5.74) is 1.57. The van der Waals surface area contributed by atoms with Gasteiger partial charge in [-0.1, -0.05) is 17.7 Å². The normalized spacial score (nSPS) is 10.2. The van der Waals surface area contributed by atoms with Crippen LogP contribution in [0.4, 0.5) is 10.1 Å². The summed E-state index contributed by atoms with van der Waals surface area (Å²) in [6.07, 6.45) is 1.08. The van der Waals surface area contributed by atoms with E-state index in [9.17, 15) is 14.0 Å². The van der Waals surface area contributed by atoms with E-state index in [1.165, 1.54) is 6.07 Å². The van der Waals surface area contributed by atoms with Crippen LogP contribution < -0.4 is 4.90 Å². The van der Waals surface area contributed by atoms with Crippen LogP contribution in [0, 0.1) is 12.9 Å². The molecule has 2 rings (SSSR count). The van der Waals surface area contributed by atoms with E-state index in [-0.39, 0.29) is 5.56 Å². The largest absolute Gasteiger partial charge is 0.480 e. The Labute approximate surface area is 120 Å². The summed E-state index contributed by atoms with van der Waals surface area (Å²) in [4.78, 5) is 27.9. The average Bonchev–Trinajstić information content (AvgIpc) is 2.46. The summed E-state index contributed by atoms with van der Waals surface area (Å²) in [7, 11) is 0. The number of carbonyl (C=O) groups excluding carboxylic acids is 1. The van der Waals surface area contributed by atoms with Crippen LogP contribution in [0.5, 0.6) is 0 Å². The smallest absolute Gasteiger partial charge is 0.323 e. The van der Waals surface area contributed by atoms with E-state index in [2.05, 4.69) is 4.98 Å². The molecule has 0 saturated heterocycles. The Morgan fingerprint density at radius 1 is 1.19 bits per heavy atom. The summed E-state index contributed by atoms with van der Waals surface area (Å²) in [6.45, 7) is 1.40. The van der Waals surface area contributed by atoms with Gasteiger partial charge >= 0.3 is 5.97 Å². The SMILES string of the molecule is Cc1ccc(N(CC(=O)O)C(=O)c2ccc(F)nc2)cc1. The molecule has 0 fully saturated rings. The van der Waals surface area contributed by atoms with Gasteiger partial charge in [-0.2, -0.15) is 4.39 Å². The quantitative estimate of drug-likeness (QED) is 0.876. The number of halogens is 1. The lowest BCUT2D eigenvalue weighted by Gasteiger charge is -2.21. The van der Waals surface area contributed by atoms with Crippen LogP contribution in [0.2, 0.25) is 0 Å². The van der Waals surface area contributed by atoms with E-state index in [4.69, 9.17) is 5.11 Å². The van der Waals surface area contributed by atoms with Gasteiger partial charge in [-0.15, -0.1) is 0 Å². The Kier molecular flexibility index (Phi) is 4.27. The Morgan fingerprint density at radius 2 is 1.86 bits per heavy atom. The number of hydrogen-bond acceptors (Lipinski definition) is 3. The second-order valence-electron chi connectivity index (χ2n) is 4.49. The van der Waals surface area contributed by atoms with E-state index < -0.39 is 24.4 Å². The van der Waals surface area contributed by atoms with Crippen molar-refractivity contribution in [3.8, 4) is 0 Å². The van der Waals surface area contributed by atoms with Crippen LogP contribution >= 0.6 is 0 Å². The number of aryl methyl sites for hydroxylation is 1. The van der Waals surface area contributed by atoms with Crippen molar-refractivity contribution in [2.24, 2.45) is 0 Å². The lowest BCUT2D eigenvalue weighted by atomic mass is 10.2. The molecular weight excluding hydrogens is 275 g/mol. The lowest BCUT2D eigenvalue weighted by Crippen LogP contribution is -2.35. The zero-order valence-electron chi connectivity index (χ0n) is 11.3. The molecule has 5 nitrogen and oxygen atoms in total. The highest BCUT2D eigenvalue weighted by Gasteiger charge is 2.20. The van der Waals surface area contributed by atoms with Gasteiger partial charge < -0.3 is 5.11 Å². The minimum Gasteiger partial charge on any atom is -0.480 e. The molecule has 0 unspecified atom stereocenters. The second-order valence-corrected chi connectivity index (χ2v) is 4.49. The number of carboxylic acids is 1. The summed E-state index contributed by atoms with van der Waals surface area (Å²) < 4.78 is 12.8. The lowest BCUT2D eigenvalue weighted by molar-refractivity contribution is -0.135. The first-order valence-electron chi connectivity index (χ1n) is 6.19. The van der Waals surface area contributed by atoms with Gasteiger partial charge in [-0.3, -0.25) is 14.5 Å². The minimum atomic E-state index is -1.14. The standard InChI is InChI=1S/C15H13FN2O3/c1-10-2-5-12(6-3-10)18(9-14(19)20)15(21)11-4-7-13(16)17-8-11/h2-8H,9H2,1H3,(H,19,20). The van der Waals surface area contributed by atoms with Gasteiger partial charge in [0.1, 0.15) is 6.54 Å². The second kappa shape index (κ2) is 6.13. The highest BCUT2D eigenvalue weighted by atomic mass is 19.1. The molecule has 2 aromatic rings. The number of rotatable bonds is 4. The Balaban J connectivity index is 2.35. The fourth-order valence-corrected chi connectivity index (χ4v) is 1.80. The number of aromatic nitrogens is 1. The summed E-state index contributed by atoms with van der Waals surface area (Å²) >= 11 is 0. The van der Waals surface area contributed by atoms with Gasteiger partial charge in [-0.05, 0) is 31.2 Å². The highest BCUT2D eigenvalue weighted by Crippen LogP contribution is 2.18. The molecule has 1 N–H and O–H groups in total. The van der Waals surface area contributed by atoms with Gasteiger partial charge in [0.25, 0.3) is 5.91 Å². The topological polar surface area (TPSA) is 70.5 Å². The maximum absolute atomic E-state index is 12.8. The van der Waals surface area contributed by atoms with Crippen molar-refractivity contribution < 1.29 is 19.1 Å². The van der Waals surface area contributed by atoms with Gasteiger partial charge in [-0.25, -0.2) is 4.98 Å². The Bertz CT molecular complexity index is 654. The van der Waals surface area contributed by atoms with E-state index in [0.29, 0.717) is 5.69 Å². The van der Waals surface area contributed by atoms with Crippen LogP contribution in [-0.2, 0) is 4.79 Å². The third-order valence-corrected chi connectivity index (χ3v) is 2.86. The Hall–Kier alpha value is -2.76. The van der Waals surface area contributed by atoms with Gasteiger partial charge in [0.05, 0.1) is 5.56 Å². The molecule has 0 spiro atoms. The van der Waals surface area contributed by atoms with Crippen LogP contribution in [0.1, 0.15) is 15.9 Å². The number of hydrogen-bond donors (Lipinski definition) is 1. The zero-order valence-corrected chi connectivity index (χ0v) is 11.3. The predicted molar refractivity (Wildman–Crippen MR) is 74.7 cm³/mol. The van der Waals surface area contributed by atoms with E-state index in [0.717, 1.165) is 22.7 Å². The first-order valence-corrected chi connectivity index (χ1v) is 6.19. The van der Waals surface area contributed by atoms with Crippen molar-refractivity contribution in [3.63, 3.8) is 0 Å². The number of carbonyl (C=O) groups is 2. The molecule has 0 aliphatic heterocycles. The third kappa shape index (κ3) is 3.62. The van der Waals surface area contributed by atoms with Crippen LogP contribution in [-0.4, -0.2) is 28.5 Å². The van der Waals surface area contributed by atoms with Crippen LogP contribution in [0.25, 0.3) is 0 Å². The molecule has 1 amide bonds. The molecule has 21 heavy (non-hydrogen) atoms. The minimum absolute atomic E-state index is 0.123. The number of nitrogens with zero attached hydrogens (tertiary/aromatic N) is 2. The van der Waals surface area contributed by atoms with E-state index in [1.807, 2.05) is 6.92 Å². The van der Waals surface area contributed by atoms with Crippen LogP contribution in [0.3, 0.4) is 0 Å². The van der Waals surface area contributed by atoms with E-state index in [1.54, 1.807) is 24.3 Å². The average molecular weight is 288 g/mol. The molecule has 1 aromatic heterocycles. The molecule has 0 aliphatic rings. The zero-order chi connectivity index (χ0) is 15.4. The molecule has 108 valence electrons. The predicted octanol–water partition coefficient (Wildman–Crippen LogP) is 2.26. The first kappa shape index (κ1) is 14.6. The van der Waals surface area contributed by atoms with Gasteiger partial charge in [0.15, 0.2) is 0 Å². The number of anilines is 1. The summed E-state index contributed by atoms with van der Waals surface area (Å²) in [6, 6.07) is 9.20. The van der Waals surface area contributed by atoms with Crippen molar-refractivity contribution in [3.05, 3.63) is 59.7 Å². The van der Waals surface area contributed by atoms with Crippen molar-refractivity contribution in [2.45, 2.75) is 6.92 Å². The monoisotopic (exact) mass is 288 g/mol. The van der Waals surface area contributed by atoms with Gasteiger partial charge in [0.2, 0.25) is 5.95 Å². The van der Waals surface area contributed by atoms with Crippen molar-refractivity contribution in [1.29, 1.82) is 0 Å². The van der Waals surface area contributed by atoms with Crippen molar-refractivity contribution in [1.82, 2.24) is 4.98 Å². The van der Waals surface area contributed by atoms with Crippen molar-refractivity contribution >= 4 is 17.6 Å². The molecule has 1 aromatic carbocycles. The number of carboxylic acid groups (broad SMARTS) is 1. The number of pyridine rings is 1. The number of aliphatic carboxylic acids is 1. The fraction of sp³-hybridized carbons (Fsp3) is 0.133. The molecule has 0 aliphatic carbocycles. The third-order valence-electron chi connectivity index (χ3n) is 2.86. The molecule has 0 radical (unpaired) electrons. The summed E-state index contributed by atoms with van der Waals surface area (Å²) in [5, 5.41) is 8.97. The molecule has 6 heteroatoms. The van der Waals surface area contributed by atoms with E-state index >= 15 is 0 Å². The maximum Gasteiger partial charge on any atom is 0.323 e. The first-order chi connectivity index (χ1) is 9.97. The van der Waals surface area contributed by atoms with Crippen LogP contribution in [0.15, 0.2) is 42.6 Å². The maximum atomic E-state index is 12.8. The summed E-state index contributed by atoms with van der Waals surface area (Å²) in [5.74, 6) is -2.39. The highest BCUT2D eigenvalue weighted by molar-refractivity contribution is 6.08. The molecule has 0 bridgehead atoms. The Morgan fingerprint density at radius 3 is 2.38 bits per heavy atom. The molecule has 1 heterocycles. The fourth-order valence-electron chi connectivity index (χ4n) is 1.80. The molecule has 0 atom stereocenters. The molecule has 0 saturated carbocycles. The number of amides is 1. The number of benzene rings is 1. The molecular formula is C15H13FN2O3. The van der Waals surface area contributed by atoms with Crippen molar-refractivity contribution in [2.75, 3.05) is 11.4 Å².